The van der Waals surface area contributed by atoms with E-state index >= 15 is 0 Å². The van der Waals surface area contributed by atoms with Crippen molar-refractivity contribution in [3.8, 4) is 0 Å². The molecule has 7 nitrogen and oxygen atoms in total. The number of hydrogen-bond acceptors (Lipinski definition) is 4. The molecule has 0 spiro atoms. The Morgan fingerprint density at radius 1 is 1.00 bits per heavy atom. The van der Waals surface area contributed by atoms with E-state index in [0.29, 0.717) is 24.3 Å². The van der Waals surface area contributed by atoms with Gasteiger partial charge in [-0.15, -0.1) is 0 Å². The van der Waals surface area contributed by atoms with Crippen molar-refractivity contribution in [1.82, 2.24) is 9.62 Å². The summed E-state index contributed by atoms with van der Waals surface area (Å²) in [5, 5.41) is 2.68. The quantitative estimate of drug-likeness (QED) is 0.758. The molecule has 0 radical (unpaired) electrons. The highest BCUT2D eigenvalue weighted by molar-refractivity contribution is 7.89. The summed E-state index contributed by atoms with van der Waals surface area (Å²) >= 11 is 0. The predicted molar refractivity (Wildman–Crippen MR) is 111 cm³/mol. The van der Waals surface area contributed by atoms with E-state index in [9.17, 15) is 18.0 Å². The van der Waals surface area contributed by atoms with Crippen molar-refractivity contribution in [1.29, 1.82) is 0 Å². The topological polar surface area (TPSA) is 95.6 Å². The molecule has 2 N–H and O–H groups in total. The molecular weight excluding hydrogens is 390 g/mol. The molecule has 2 aromatic carbocycles. The highest BCUT2D eigenvalue weighted by Gasteiger charge is 2.25. The van der Waals surface area contributed by atoms with E-state index in [-0.39, 0.29) is 10.8 Å². The van der Waals surface area contributed by atoms with Crippen LogP contribution in [0.2, 0.25) is 0 Å². The average Bonchev–Trinajstić information content (AvgIpc) is 3.22. The fourth-order valence-corrected chi connectivity index (χ4v) is 4.38. The molecule has 0 bridgehead atoms. The fourth-order valence-electron chi connectivity index (χ4n) is 3.18. The number of amides is 2. The second-order valence-corrected chi connectivity index (χ2v) is 8.90. The zero-order valence-corrected chi connectivity index (χ0v) is 17.3. The molecule has 1 saturated heterocycles. The Morgan fingerprint density at radius 3 is 2.28 bits per heavy atom. The molecule has 2 aromatic rings. The molecular formula is C21H25N3O4S. The lowest BCUT2D eigenvalue weighted by atomic mass is 10.1. The first-order chi connectivity index (χ1) is 13.8. The van der Waals surface area contributed by atoms with Gasteiger partial charge < -0.3 is 10.2 Å². The molecule has 1 atom stereocenters. The van der Waals surface area contributed by atoms with Gasteiger partial charge in [0.2, 0.25) is 15.9 Å². The summed E-state index contributed by atoms with van der Waals surface area (Å²) in [5.74, 6) is -0.673. The van der Waals surface area contributed by atoms with E-state index in [2.05, 4.69) is 10.0 Å². The molecule has 0 aliphatic carbocycles. The van der Waals surface area contributed by atoms with Crippen LogP contribution in [0.1, 0.15) is 35.7 Å². The van der Waals surface area contributed by atoms with Crippen LogP contribution >= 0.6 is 0 Å². The van der Waals surface area contributed by atoms with Gasteiger partial charge in [-0.1, -0.05) is 29.8 Å². The Kier molecular flexibility index (Phi) is 6.34. The third-order valence-corrected chi connectivity index (χ3v) is 6.42. The first-order valence-electron chi connectivity index (χ1n) is 9.56. The maximum absolute atomic E-state index is 12.7. The van der Waals surface area contributed by atoms with E-state index in [1.807, 2.05) is 6.92 Å². The second-order valence-electron chi connectivity index (χ2n) is 7.19. The number of para-hydroxylation sites is 1. The summed E-state index contributed by atoms with van der Waals surface area (Å²) < 4.78 is 27.4. The van der Waals surface area contributed by atoms with Gasteiger partial charge in [0, 0.05) is 13.1 Å². The summed E-state index contributed by atoms with van der Waals surface area (Å²) in [4.78, 5) is 27.2. The molecule has 3 rings (SSSR count). The van der Waals surface area contributed by atoms with Crippen LogP contribution in [0.25, 0.3) is 0 Å². The number of carbonyl (C=O) groups excluding carboxylic acids is 2. The summed E-state index contributed by atoms with van der Waals surface area (Å²) in [6, 6.07) is 12.1. The first-order valence-corrected chi connectivity index (χ1v) is 11.0. The largest absolute Gasteiger partial charge is 0.339 e. The molecule has 154 valence electrons. The predicted octanol–water partition coefficient (Wildman–Crippen LogP) is 2.54. The molecule has 2 amide bonds. The average molecular weight is 416 g/mol. The van der Waals surface area contributed by atoms with Gasteiger partial charge in [0.25, 0.3) is 5.91 Å². The molecule has 8 heteroatoms. The van der Waals surface area contributed by atoms with Crippen molar-refractivity contribution in [2.75, 3.05) is 18.4 Å². The Labute approximate surface area is 171 Å². The maximum atomic E-state index is 12.7. The maximum Gasteiger partial charge on any atom is 0.255 e. The summed E-state index contributed by atoms with van der Waals surface area (Å²) in [6.07, 6.45) is 1.94. The van der Waals surface area contributed by atoms with Crippen molar-refractivity contribution in [3.63, 3.8) is 0 Å². The van der Waals surface area contributed by atoms with Crippen LogP contribution in [0.4, 0.5) is 5.69 Å². The van der Waals surface area contributed by atoms with Gasteiger partial charge in [0.1, 0.15) is 0 Å². The first kappa shape index (κ1) is 21.0. The van der Waals surface area contributed by atoms with Gasteiger partial charge in [0.05, 0.1) is 22.2 Å². The normalized spacial score (nSPS) is 15.2. The number of hydrogen-bond donors (Lipinski definition) is 2. The molecule has 1 aliphatic heterocycles. The van der Waals surface area contributed by atoms with Gasteiger partial charge in [-0.25, -0.2) is 8.42 Å². The number of nitrogens with one attached hydrogen (secondary N) is 2. The van der Waals surface area contributed by atoms with Gasteiger partial charge in [-0.3, -0.25) is 9.59 Å². The van der Waals surface area contributed by atoms with Gasteiger partial charge in [-0.2, -0.15) is 4.72 Å². The number of benzene rings is 2. The smallest absolute Gasteiger partial charge is 0.255 e. The molecule has 1 fully saturated rings. The molecule has 1 aliphatic rings. The highest BCUT2D eigenvalue weighted by Crippen LogP contribution is 2.20. The monoisotopic (exact) mass is 415 g/mol. The fraction of sp³-hybridized carbons (Fsp3) is 0.333. The lowest BCUT2D eigenvalue weighted by Gasteiger charge is -2.19. The van der Waals surface area contributed by atoms with Crippen molar-refractivity contribution in [3.05, 3.63) is 59.7 Å². The zero-order chi connectivity index (χ0) is 21.0. The van der Waals surface area contributed by atoms with Crippen molar-refractivity contribution in [2.24, 2.45) is 0 Å². The lowest BCUT2D eigenvalue weighted by Crippen LogP contribution is -2.41. The van der Waals surface area contributed by atoms with Crippen LogP contribution in [0, 0.1) is 6.92 Å². The molecule has 0 aromatic heterocycles. The van der Waals surface area contributed by atoms with Gasteiger partial charge in [-0.05, 0) is 51.0 Å². The number of nitrogens with zero attached hydrogens (tertiary/aromatic N) is 1. The van der Waals surface area contributed by atoms with Crippen LogP contribution in [0.15, 0.2) is 53.4 Å². The van der Waals surface area contributed by atoms with Crippen molar-refractivity contribution >= 4 is 27.5 Å². The summed E-state index contributed by atoms with van der Waals surface area (Å²) in [5.41, 5.74) is 1.71. The standard InChI is InChI=1S/C21H25N3O4S/c1-15-9-11-17(12-10-15)29(27,28)23-16(2)20(25)22-19-8-4-3-7-18(19)21(26)24-13-5-6-14-24/h3-4,7-12,16,23H,5-6,13-14H2,1-2H3,(H,22,25)/t16-/m1/s1. The van der Waals surface area contributed by atoms with Crippen molar-refractivity contribution < 1.29 is 18.0 Å². The van der Waals surface area contributed by atoms with Crippen molar-refractivity contribution in [2.45, 2.75) is 37.6 Å². The molecule has 0 unspecified atom stereocenters. The molecule has 1 heterocycles. The molecule has 29 heavy (non-hydrogen) atoms. The Hall–Kier alpha value is -2.71. The minimum atomic E-state index is -3.84. The van der Waals surface area contributed by atoms with Crippen LogP contribution in [0.3, 0.4) is 0 Å². The third-order valence-electron chi connectivity index (χ3n) is 4.87. The Morgan fingerprint density at radius 2 is 1.62 bits per heavy atom. The van der Waals surface area contributed by atoms with Crippen LogP contribution in [-0.2, 0) is 14.8 Å². The van der Waals surface area contributed by atoms with E-state index in [0.717, 1.165) is 18.4 Å². The number of likely N-dealkylation sites (tertiary alicyclic amines) is 1. The number of carbonyl (C=O) groups is 2. The highest BCUT2D eigenvalue weighted by atomic mass is 32.2. The van der Waals surface area contributed by atoms with Crippen LogP contribution in [-0.4, -0.2) is 44.3 Å². The van der Waals surface area contributed by atoms with E-state index in [1.165, 1.54) is 19.1 Å². The summed E-state index contributed by atoms with van der Waals surface area (Å²) in [7, 11) is -3.84. The van der Waals surface area contributed by atoms with Crippen LogP contribution < -0.4 is 10.0 Å². The second kappa shape index (κ2) is 8.75. The number of sulfonamides is 1. The summed E-state index contributed by atoms with van der Waals surface area (Å²) in [6.45, 7) is 4.73. The van der Waals surface area contributed by atoms with E-state index < -0.39 is 22.0 Å². The van der Waals surface area contributed by atoms with E-state index in [4.69, 9.17) is 0 Å². The third kappa shape index (κ3) is 5.02. The zero-order valence-electron chi connectivity index (χ0n) is 16.5. The lowest BCUT2D eigenvalue weighted by molar-refractivity contribution is -0.117. The minimum absolute atomic E-state index is 0.0901. The number of anilines is 1. The SMILES string of the molecule is Cc1ccc(S(=O)(=O)N[C@H](C)C(=O)Nc2ccccc2C(=O)N2CCCC2)cc1. The Bertz CT molecular complexity index is 997. The minimum Gasteiger partial charge on any atom is -0.339 e. The van der Waals surface area contributed by atoms with E-state index in [1.54, 1.807) is 41.3 Å². The van der Waals surface area contributed by atoms with Gasteiger partial charge in [0.15, 0.2) is 0 Å². The molecule has 0 saturated carbocycles. The number of aryl methyl sites for hydroxylation is 1. The number of rotatable bonds is 6. The Balaban J connectivity index is 1.71. The van der Waals surface area contributed by atoms with Crippen LogP contribution in [0.5, 0.6) is 0 Å². The van der Waals surface area contributed by atoms with Gasteiger partial charge >= 0.3 is 0 Å².